The molecule has 0 aliphatic carbocycles. The van der Waals surface area contributed by atoms with Gasteiger partial charge < -0.3 is 9.88 Å². The summed E-state index contributed by atoms with van der Waals surface area (Å²) in [6.07, 6.45) is 4.31. The number of hydrogen-bond acceptors (Lipinski definition) is 4. The van der Waals surface area contributed by atoms with Crippen LogP contribution in [0.3, 0.4) is 0 Å². The minimum atomic E-state index is -0.0322. The van der Waals surface area contributed by atoms with Crippen molar-refractivity contribution in [1.29, 1.82) is 0 Å². The van der Waals surface area contributed by atoms with Gasteiger partial charge in [-0.15, -0.1) is 10.2 Å². The molecule has 1 atom stereocenters. The summed E-state index contributed by atoms with van der Waals surface area (Å²) in [5.74, 6) is 1.14. The summed E-state index contributed by atoms with van der Waals surface area (Å²) in [5.41, 5.74) is 2.58. The van der Waals surface area contributed by atoms with Crippen molar-refractivity contribution < 1.29 is 4.79 Å². The van der Waals surface area contributed by atoms with Gasteiger partial charge in [0.25, 0.3) is 5.91 Å². The summed E-state index contributed by atoms with van der Waals surface area (Å²) in [7, 11) is 1.93. The van der Waals surface area contributed by atoms with Crippen LogP contribution in [-0.2, 0) is 20.0 Å². The number of aryl methyl sites for hydroxylation is 1. The molecule has 0 bridgehead atoms. The zero-order chi connectivity index (χ0) is 13.4. The highest BCUT2D eigenvalue weighted by molar-refractivity contribution is 5.97. The molecule has 0 saturated heterocycles. The van der Waals surface area contributed by atoms with E-state index in [0.717, 1.165) is 23.5 Å². The zero-order valence-electron chi connectivity index (χ0n) is 10.9. The van der Waals surface area contributed by atoms with Crippen LogP contribution in [0.25, 0.3) is 0 Å². The van der Waals surface area contributed by atoms with Crippen molar-refractivity contribution in [2.75, 3.05) is 0 Å². The van der Waals surface area contributed by atoms with Crippen molar-refractivity contribution in [2.45, 2.75) is 25.8 Å². The summed E-state index contributed by atoms with van der Waals surface area (Å²) in [4.78, 5) is 16.0. The molecule has 2 aromatic rings. The summed E-state index contributed by atoms with van der Waals surface area (Å²) in [5, 5.41) is 10.7. The largest absolute Gasteiger partial charge is 0.346 e. The molecule has 0 saturated carbocycles. The second kappa shape index (κ2) is 4.46. The lowest BCUT2D eigenvalue weighted by Gasteiger charge is -2.11. The number of aromatic nitrogens is 4. The van der Waals surface area contributed by atoms with E-state index >= 15 is 0 Å². The van der Waals surface area contributed by atoms with Gasteiger partial charge in [0.05, 0.1) is 17.8 Å². The lowest BCUT2D eigenvalue weighted by atomic mass is 9.97. The monoisotopic (exact) mass is 257 g/mol. The van der Waals surface area contributed by atoms with E-state index in [-0.39, 0.29) is 11.8 Å². The van der Waals surface area contributed by atoms with E-state index in [1.54, 1.807) is 6.33 Å². The van der Waals surface area contributed by atoms with Gasteiger partial charge in [0.1, 0.15) is 12.2 Å². The Bertz CT molecular complexity index is 634. The van der Waals surface area contributed by atoms with Gasteiger partial charge in [0.15, 0.2) is 0 Å². The van der Waals surface area contributed by atoms with Crippen LogP contribution >= 0.6 is 0 Å². The van der Waals surface area contributed by atoms with Gasteiger partial charge in [0, 0.05) is 19.7 Å². The molecule has 1 amide bonds. The minimum absolute atomic E-state index is 0.0322. The molecule has 0 fully saturated rings. The Morgan fingerprint density at radius 2 is 2.37 bits per heavy atom. The smallest absolute Gasteiger partial charge is 0.253 e. The van der Waals surface area contributed by atoms with Crippen LogP contribution in [-0.4, -0.2) is 25.7 Å². The number of pyridine rings is 1. The number of rotatable bonds is 3. The van der Waals surface area contributed by atoms with Crippen molar-refractivity contribution in [3.63, 3.8) is 0 Å². The first-order valence-electron chi connectivity index (χ1n) is 6.25. The number of nitrogens with one attached hydrogen (secondary N) is 1. The highest BCUT2D eigenvalue weighted by atomic mass is 16.1. The maximum Gasteiger partial charge on any atom is 0.253 e. The molecular weight excluding hydrogens is 242 g/mol. The molecule has 3 heterocycles. The second-order valence-corrected chi connectivity index (χ2v) is 4.91. The predicted molar refractivity (Wildman–Crippen MR) is 68.5 cm³/mol. The molecule has 98 valence electrons. The molecule has 1 N–H and O–H groups in total. The first-order valence-corrected chi connectivity index (χ1v) is 6.25. The van der Waals surface area contributed by atoms with Gasteiger partial charge >= 0.3 is 0 Å². The number of fused-ring (bicyclic) bond motifs is 1. The summed E-state index contributed by atoms with van der Waals surface area (Å²) >= 11 is 0. The van der Waals surface area contributed by atoms with Gasteiger partial charge in [-0.3, -0.25) is 9.78 Å². The molecule has 1 aliphatic rings. The molecule has 19 heavy (non-hydrogen) atoms. The van der Waals surface area contributed by atoms with E-state index in [1.165, 1.54) is 0 Å². The van der Waals surface area contributed by atoms with Gasteiger partial charge in [-0.05, 0) is 17.5 Å². The molecule has 2 aromatic heterocycles. The zero-order valence-corrected chi connectivity index (χ0v) is 10.9. The summed E-state index contributed by atoms with van der Waals surface area (Å²) < 4.78 is 1.91. The van der Waals surface area contributed by atoms with E-state index in [1.807, 2.05) is 23.9 Å². The van der Waals surface area contributed by atoms with Gasteiger partial charge in [-0.1, -0.05) is 6.92 Å². The number of nitrogens with zero attached hydrogens (tertiary/aromatic N) is 4. The van der Waals surface area contributed by atoms with Crippen LogP contribution in [0.2, 0.25) is 0 Å². The quantitative estimate of drug-likeness (QED) is 0.882. The third-order valence-electron chi connectivity index (χ3n) is 3.52. The van der Waals surface area contributed by atoms with Crippen LogP contribution in [0.5, 0.6) is 0 Å². The highest BCUT2D eigenvalue weighted by Gasteiger charge is 2.21. The molecule has 3 rings (SSSR count). The number of carbonyl (C=O) groups is 1. The van der Waals surface area contributed by atoms with E-state index in [9.17, 15) is 4.79 Å². The van der Waals surface area contributed by atoms with Gasteiger partial charge in [0.2, 0.25) is 0 Å². The molecular formula is C13H15N5O. The van der Waals surface area contributed by atoms with Gasteiger partial charge in [-0.2, -0.15) is 0 Å². The summed E-state index contributed by atoms with van der Waals surface area (Å²) in [6.45, 7) is 2.64. The van der Waals surface area contributed by atoms with Crippen molar-refractivity contribution >= 4 is 5.91 Å². The lowest BCUT2D eigenvalue weighted by Crippen LogP contribution is -2.12. The average Bonchev–Trinajstić information content (AvgIpc) is 2.97. The van der Waals surface area contributed by atoms with Crippen LogP contribution in [0.1, 0.15) is 40.3 Å². The van der Waals surface area contributed by atoms with Crippen molar-refractivity contribution in [1.82, 2.24) is 25.1 Å². The molecule has 0 radical (unpaired) electrons. The Hall–Kier alpha value is -2.24. The van der Waals surface area contributed by atoms with E-state index in [4.69, 9.17) is 0 Å². The molecule has 0 spiro atoms. The third kappa shape index (κ3) is 2.09. The van der Waals surface area contributed by atoms with Crippen molar-refractivity contribution in [3.8, 4) is 0 Å². The topological polar surface area (TPSA) is 72.7 Å². The average molecular weight is 257 g/mol. The maximum atomic E-state index is 11.6. The molecule has 0 aromatic carbocycles. The highest BCUT2D eigenvalue weighted by Crippen LogP contribution is 2.22. The molecule has 6 nitrogen and oxygen atoms in total. The molecule has 6 heteroatoms. The number of hydrogen-bond donors (Lipinski definition) is 1. The number of amides is 1. The Kier molecular flexibility index (Phi) is 2.77. The predicted octanol–water partition coefficient (Wildman–Crippen LogP) is 0.800. The Morgan fingerprint density at radius 1 is 1.53 bits per heavy atom. The first kappa shape index (κ1) is 11.8. The molecule has 1 aliphatic heterocycles. The minimum Gasteiger partial charge on any atom is -0.346 e. The number of carbonyl (C=O) groups excluding carboxylic acids is 1. The van der Waals surface area contributed by atoms with E-state index in [0.29, 0.717) is 12.1 Å². The summed E-state index contributed by atoms with van der Waals surface area (Å²) in [6, 6.07) is 1.94. The van der Waals surface area contributed by atoms with Crippen molar-refractivity contribution in [3.05, 3.63) is 41.2 Å². The second-order valence-electron chi connectivity index (χ2n) is 4.91. The Balaban J connectivity index is 1.85. The lowest BCUT2D eigenvalue weighted by molar-refractivity contribution is 0.0965. The Labute approximate surface area is 110 Å². The van der Waals surface area contributed by atoms with E-state index in [2.05, 4.69) is 27.4 Å². The Morgan fingerprint density at radius 3 is 3.11 bits per heavy atom. The van der Waals surface area contributed by atoms with Crippen LogP contribution in [0, 0.1) is 0 Å². The van der Waals surface area contributed by atoms with Crippen LogP contribution < -0.4 is 5.32 Å². The first-order chi connectivity index (χ1) is 9.15. The fourth-order valence-corrected chi connectivity index (χ4v) is 2.26. The van der Waals surface area contributed by atoms with Crippen LogP contribution in [0.4, 0.5) is 0 Å². The third-order valence-corrected chi connectivity index (χ3v) is 3.52. The fraction of sp³-hybridized carbons (Fsp3) is 0.385. The SMILES string of the molecule is CC(Cc1nncn1C)c1cnc2c(c1)C(=O)NC2. The van der Waals surface area contributed by atoms with Crippen molar-refractivity contribution in [2.24, 2.45) is 7.05 Å². The fourth-order valence-electron chi connectivity index (χ4n) is 2.26. The van der Waals surface area contributed by atoms with Crippen LogP contribution in [0.15, 0.2) is 18.6 Å². The van der Waals surface area contributed by atoms with Gasteiger partial charge in [-0.25, -0.2) is 0 Å². The maximum absolute atomic E-state index is 11.6. The van der Waals surface area contributed by atoms with E-state index < -0.39 is 0 Å². The normalized spacial score (nSPS) is 15.2. The molecule has 1 unspecified atom stereocenters. The standard InChI is InChI=1S/C13H15N5O/c1-8(3-12-17-16-7-18(12)2)9-4-10-11(14-5-9)6-15-13(10)19/h4-5,7-8H,3,6H2,1-2H3,(H,15,19).